The van der Waals surface area contributed by atoms with Gasteiger partial charge in [0.05, 0.1) is 19.2 Å². The van der Waals surface area contributed by atoms with Crippen LogP contribution in [0.1, 0.15) is 40.3 Å². The van der Waals surface area contributed by atoms with E-state index < -0.39 is 0 Å². The van der Waals surface area contributed by atoms with Crippen LogP contribution in [0.3, 0.4) is 0 Å². The second-order valence-electron chi connectivity index (χ2n) is 8.25. The Labute approximate surface area is 192 Å². The zero-order valence-corrected chi connectivity index (χ0v) is 18.8. The van der Waals surface area contributed by atoms with Crippen molar-refractivity contribution in [1.29, 1.82) is 0 Å². The van der Waals surface area contributed by atoms with Gasteiger partial charge in [-0.2, -0.15) is 0 Å². The Hall–Kier alpha value is -3.61. The van der Waals surface area contributed by atoms with E-state index in [1.165, 1.54) is 19.2 Å². The van der Waals surface area contributed by atoms with Crippen molar-refractivity contribution in [3.63, 3.8) is 0 Å². The molecule has 7 heteroatoms. The molecule has 0 spiro atoms. The first-order chi connectivity index (χ1) is 15.9. The topological polar surface area (TPSA) is 63.0 Å². The minimum absolute atomic E-state index is 0.0323. The molecular weight excluding hydrogens is 423 g/mol. The van der Waals surface area contributed by atoms with Crippen molar-refractivity contribution in [2.75, 3.05) is 13.7 Å². The first-order valence-electron chi connectivity index (χ1n) is 11.0. The zero-order valence-electron chi connectivity index (χ0n) is 18.8. The predicted octanol–water partition coefficient (Wildman–Crippen LogP) is 4.57. The average Bonchev–Trinajstić information content (AvgIpc) is 3.58. The molecule has 0 N–H and O–H groups in total. The summed E-state index contributed by atoms with van der Waals surface area (Å²) in [4.78, 5) is 30.0. The van der Waals surface area contributed by atoms with Crippen molar-refractivity contribution in [1.82, 2.24) is 9.80 Å². The quantitative estimate of drug-likeness (QED) is 0.479. The highest BCUT2D eigenvalue weighted by molar-refractivity contribution is 5.99. The van der Waals surface area contributed by atoms with Crippen molar-refractivity contribution in [2.45, 2.75) is 38.9 Å². The molecule has 1 fully saturated rings. The zero-order chi connectivity index (χ0) is 23.4. The summed E-state index contributed by atoms with van der Waals surface area (Å²) in [5, 5.41) is 0. The maximum Gasteiger partial charge on any atom is 0.258 e. The highest BCUT2D eigenvalue weighted by Gasteiger charge is 2.36. The lowest BCUT2D eigenvalue weighted by atomic mass is 10.1. The molecular formula is C26H27FN2O4. The summed E-state index contributed by atoms with van der Waals surface area (Å²) in [5.74, 6) is 1.12. The molecule has 1 heterocycles. The lowest BCUT2D eigenvalue weighted by Gasteiger charge is -2.28. The van der Waals surface area contributed by atoms with E-state index in [2.05, 4.69) is 0 Å². The fourth-order valence-corrected chi connectivity index (χ4v) is 3.78. The van der Waals surface area contributed by atoms with Crippen LogP contribution < -0.4 is 4.74 Å². The number of furan rings is 1. The highest BCUT2D eigenvalue weighted by Crippen LogP contribution is 2.30. The molecule has 0 radical (unpaired) electrons. The minimum atomic E-state index is -0.333. The van der Waals surface area contributed by atoms with Crippen LogP contribution in [0.15, 0.2) is 65.1 Å². The molecule has 0 aliphatic heterocycles. The highest BCUT2D eigenvalue weighted by atomic mass is 19.1. The first-order valence-corrected chi connectivity index (χ1v) is 11.0. The van der Waals surface area contributed by atoms with Gasteiger partial charge in [0.1, 0.15) is 29.6 Å². The maximum atomic E-state index is 13.4. The molecule has 2 aromatic carbocycles. The van der Waals surface area contributed by atoms with Crippen LogP contribution >= 0.6 is 0 Å². The number of ether oxygens (including phenoxy) is 1. The van der Waals surface area contributed by atoms with Crippen molar-refractivity contribution in [3.8, 4) is 5.75 Å². The van der Waals surface area contributed by atoms with Crippen LogP contribution in [0.25, 0.3) is 0 Å². The molecule has 172 valence electrons. The number of para-hydroxylation sites is 1. The fourth-order valence-electron chi connectivity index (χ4n) is 3.78. The van der Waals surface area contributed by atoms with Gasteiger partial charge in [-0.15, -0.1) is 0 Å². The summed E-state index contributed by atoms with van der Waals surface area (Å²) in [7, 11) is 1.52. The van der Waals surface area contributed by atoms with Gasteiger partial charge in [-0.05, 0) is 61.7 Å². The molecule has 0 saturated heterocycles. The Bertz CT molecular complexity index is 1120. The van der Waals surface area contributed by atoms with E-state index in [1.807, 2.05) is 19.1 Å². The van der Waals surface area contributed by atoms with E-state index in [1.54, 1.807) is 46.2 Å². The van der Waals surface area contributed by atoms with E-state index in [-0.39, 0.29) is 43.3 Å². The number of methoxy groups -OCH3 is 1. The molecule has 33 heavy (non-hydrogen) atoms. The molecule has 4 rings (SSSR count). The summed E-state index contributed by atoms with van der Waals surface area (Å²) < 4.78 is 24.4. The van der Waals surface area contributed by atoms with Gasteiger partial charge in [0.25, 0.3) is 5.91 Å². The van der Waals surface area contributed by atoms with E-state index >= 15 is 0 Å². The number of nitrogens with zero attached hydrogens (tertiary/aromatic N) is 2. The van der Waals surface area contributed by atoms with Crippen LogP contribution in [-0.2, 0) is 17.9 Å². The molecule has 0 unspecified atom stereocenters. The number of rotatable bonds is 9. The number of halogens is 1. The minimum Gasteiger partial charge on any atom is -0.496 e. The summed E-state index contributed by atoms with van der Waals surface area (Å²) >= 11 is 0. The van der Waals surface area contributed by atoms with E-state index in [9.17, 15) is 14.0 Å². The van der Waals surface area contributed by atoms with E-state index in [0.29, 0.717) is 17.1 Å². The summed E-state index contributed by atoms with van der Waals surface area (Å²) in [6.45, 7) is 2.32. The molecule has 0 atom stereocenters. The van der Waals surface area contributed by atoms with Gasteiger partial charge in [0, 0.05) is 12.6 Å². The third-order valence-electron chi connectivity index (χ3n) is 5.67. The van der Waals surface area contributed by atoms with Crippen LogP contribution in [0, 0.1) is 12.7 Å². The second kappa shape index (κ2) is 9.90. The Balaban J connectivity index is 1.55. The molecule has 3 aromatic rings. The van der Waals surface area contributed by atoms with Gasteiger partial charge in [-0.25, -0.2) is 4.39 Å². The fraction of sp³-hybridized carbons (Fsp3) is 0.308. The van der Waals surface area contributed by atoms with Crippen molar-refractivity contribution < 1.29 is 23.1 Å². The SMILES string of the molecule is COc1ccccc1C(=O)N(CC(=O)N(Cc1ccc(F)cc1)Cc1ccc(C)o1)C1CC1. The Kier molecular flexibility index (Phi) is 6.77. The number of hydrogen-bond acceptors (Lipinski definition) is 4. The molecule has 6 nitrogen and oxygen atoms in total. The van der Waals surface area contributed by atoms with Crippen LogP contribution in [0.4, 0.5) is 4.39 Å². The van der Waals surface area contributed by atoms with Gasteiger partial charge in [-0.1, -0.05) is 24.3 Å². The lowest BCUT2D eigenvalue weighted by molar-refractivity contribution is -0.133. The predicted molar refractivity (Wildman–Crippen MR) is 121 cm³/mol. The van der Waals surface area contributed by atoms with E-state index in [0.717, 1.165) is 24.2 Å². The first kappa shape index (κ1) is 22.6. The Morgan fingerprint density at radius 1 is 1.03 bits per heavy atom. The molecule has 2 amide bonds. The molecule has 1 aromatic heterocycles. The van der Waals surface area contributed by atoms with Gasteiger partial charge in [0.2, 0.25) is 5.91 Å². The molecule has 1 aliphatic carbocycles. The summed E-state index contributed by atoms with van der Waals surface area (Å²) in [5.41, 5.74) is 1.23. The normalized spacial score (nSPS) is 12.9. The van der Waals surface area contributed by atoms with Crippen molar-refractivity contribution in [3.05, 3.63) is 89.1 Å². The number of hydrogen-bond donors (Lipinski definition) is 0. The molecule has 1 saturated carbocycles. The van der Waals surface area contributed by atoms with Crippen molar-refractivity contribution in [2.24, 2.45) is 0 Å². The number of benzene rings is 2. The molecule has 1 aliphatic rings. The smallest absolute Gasteiger partial charge is 0.258 e. The monoisotopic (exact) mass is 450 g/mol. The standard InChI is InChI=1S/C26H27FN2O4/c1-18-7-14-22(33-18)16-28(15-19-8-10-20(27)11-9-19)25(30)17-29(21-12-13-21)26(31)23-5-3-4-6-24(23)32-2/h3-11,14,21H,12-13,15-17H2,1-2H3. The third kappa shape index (κ3) is 5.61. The van der Waals surface area contributed by atoms with Crippen LogP contribution in [0.2, 0.25) is 0 Å². The molecule has 0 bridgehead atoms. The van der Waals surface area contributed by atoms with Gasteiger partial charge >= 0.3 is 0 Å². The van der Waals surface area contributed by atoms with Gasteiger partial charge < -0.3 is 19.0 Å². The Morgan fingerprint density at radius 2 is 1.76 bits per heavy atom. The number of amides is 2. The van der Waals surface area contributed by atoms with Gasteiger partial charge in [-0.3, -0.25) is 9.59 Å². The number of carbonyl (C=O) groups is 2. The second-order valence-corrected chi connectivity index (χ2v) is 8.25. The van der Waals surface area contributed by atoms with Crippen LogP contribution in [-0.4, -0.2) is 41.3 Å². The number of carbonyl (C=O) groups excluding carboxylic acids is 2. The maximum absolute atomic E-state index is 13.4. The average molecular weight is 451 g/mol. The summed E-state index contributed by atoms with van der Waals surface area (Å²) in [6, 6.07) is 16.8. The van der Waals surface area contributed by atoms with Crippen molar-refractivity contribution >= 4 is 11.8 Å². The largest absolute Gasteiger partial charge is 0.496 e. The van der Waals surface area contributed by atoms with Gasteiger partial charge in [0.15, 0.2) is 0 Å². The van der Waals surface area contributed by atoms with Crippen LogP contribution in [0.5, 0.6) is 5.75 Å². The summed E-state index contributed by atoms with van der Waals surface area (Å²) in [6.07, 6.45) is 1.73. The Morgan fingerprint density at radius 3 is 2.39 bits per heavy atom. The van der Waals surface area contributed by atoms with E-state index in [4.69, 9.17) is 9.15 Å². The lowest BCUT2D eigenvalue weighted by Crippen LogP contribution is -2.43. The number of aryl methyl sites for hydroxylation is 1. The third-order valence-corrected chi connectivity index (χ3v) is 5.67.